The van der Waals surface area contributed by atoms with Crippen molar-refractivity contribution < 1.29 is 9.18 Å². The van der Waals surface area contributed by atoms with Gasteiger partial charge in [0, 0.05) is 22.9 Å². The van der Waals surface area contributed by atoms with E-state index in [1.807, 2.05) is 0 Å². The molecular weight excluding hydrogens is 297 g/mol. The van der Waals surface area contributed by atoms with Crippen LogP contribution >= 0.6 is 15.9 Å². The van der Waals surface area contributed by atoms with Gasteiger partial charge in [-0.25, -0.2) is 4.39 Å². The number of nitrogens with two attached hydrogens (primary N) is 1. The van der Waals surface area contributed by atoms with Crippen molar-refractivity contribution in [2.45, 2.75) is 38.1 Å². The van der Waals surface area contributed by atoms with Gasteiger partial charge in [0.2, 0.25) is 0 Å². The summed E-state index contributed by atoms with van der Waals surface area (Å²) in [6.45, 7) is 0. The Morgan fingerprint density at radius 3 is 2.83 bits per heavy atom. The maximum Gasteiger partial charge on any atom is 0.141 e. The molecule has 98 valence electrons. The van der Waals surface area contributed by atoms with E-state index in [1.165, 1.54) is 12.1 Å². The van der Waals surface area contributed by atoms with Gasteiger partial charge in [-0.05, 0) is 36.6 Å². The van der Waals surface area contributed by atoms with E-state index in [9.17, 15) is 9.18 Å². The van der Waals surface area contributed by atoms with E-state index < -0.39 is 0 Å². The number of ketones is 1. The molecule has 0 amide bonds. The Kier molecular flexibility index (Phi) is 4.51. The van der Waals surface area contributed by atoms with E-state index in [1.54, 1.807) is 6.07 Å². The Labute approximate surface area is 115 Å². The highest BCUT2D eigenvalue weighted by atomic mass is 79.9. The van der Waals surface area contributed by atoms with Crippen LogP contribution in [0.2, 0.25) is 0 Å². The molecule has 18 heavy (non-hydrogen) atoms. The van der Waals surface area contributed by atoms with Crippen LogP contribution < -0.4 is 5.73 Å². The zero-order chi connectivity index (χ0) is 13.1. The van der Waals surface area contributed by atoms with Crippen LogP contribution in [0.5, 0.6) is 0 Å². The third-order valence-corrected chi connectivity index (χ3v) is 4.38. The molecule has 1 aliphatic carbocycles. The minimum Gasteiger partial charge on any atom is -0.327 e. The Hall–Kier alpha value is -0.740. The molecular formula is C14H17BrFNO. The molecule has 4 heteroatoms. The first kappa shape index (κ1) is 13.7. The molecule has 1 aromatic carbocycles. The number of halogens is 2. The quantitative estimate of drug-likeness (QED) is 0.931. The summed E-state index contributed by atoms with van der Waals surface area (Å²) in [5.41, 5.74) is 6.70. The lowest BCUT2D eigenvalue weighted by Crippen LogP contribution is -2.38. The van der Waals surface area contributed by atoms with Gasteiger partial charge in [0.15, 0.2) is 0 Å². The Morgan fingerprint density at radius 1 is 1.39 bits per heavy atom. The second-order valence-corrected chi connectivity index (χ2v) is 5.79. The predicted octanol–water partition coefficient (Wildman–Crippen LogP) is 3.22. The van der Waals surface area contributed by atoms with Crippen LogP contribution in [0.1, 0.15) is 31.2 Å². The molecule has 0 aliphatic heterocycles. The van der Waals surface area contributed by atoms with Gasteiger partial charge in [-0.3, -0.25) is 4.79 Å². The molecule has 2 atom stereocenters. The van der Waals surface area contributed by atoms with E-state index in [-0.39, 0.29) is 30.0 Å². The van der Waals surface area contributed by atoms with E-state index in [0.717, 1.165) is 30.2 Å². The van der Waals surface area contributed by atoms with Crippen LogP contribution in [0.25, 0.3) is 0 Å². The van der Waals surface area contributed by atoms with Gasteiger partial charge < -0.3 is 5.73 Å². The molecule has 2 unspecified atom stereocenters. The van der Waals surface area contributed by atoms with Crippen molar-refractivity contribution in [3.8, 4) is 0 Å². The first-order valence-electron chi connectivity index (χ1n) is 6.30. The average molecular weight is 314 g/mol. The van der Waals surface area contributed by atoms with Gasteiger partial charge in [0.05, 0.1) is 0 Å². The number of carbonyl (C=O) groups is 1. The third-order valence-electron chi connectivity index (χ3n) is 3.61. The lowest BCUT2D eigenvalue weighted by Gasteiger charge is -2.27. The average Bonchev–Trinajstić information content (AvgIpc) is 2.34. The molecule has 0 bridgehead atoms. The molecule has 2 nitrogen and oxygen atoms in total. The van der Waals surface area contributed by atoms with Crippen LogP contribution in [-0.4, -0.2) is 11.8 Å². The molecule has 0 radical (unpaired) electrons. The minimum atomic E-state index is -0.311. The summed E-state index contributed by atoms with van der Waals surface area (Å²) in [6, 6.07) is 4.40. The van der Waals surface area contributed by atoms with Crippen molar-refractivity contribution in [1.82, 2.24) is 0 Å². The number of hydrogen-bond donors (Lipinski definition) is 1. The van der Waals surface area contributed by atoms with Crippen LogP contribution in [0, 0.1) is 11.7 Å². The highest BCUT2D eigenvalue weighted by molar-refractivity contribution is 9.10. The summed E-state index contributed by atoms with van der Waals surface area (Å²) in [5, 5.41) is 0. The van der Waals surface area contributed by atoms with Crippen LogP contribution in [0.3, 0.4) is 0 Å². The molecule has 2 rings (SSSR count). The van der Waals surface area contributed by atoms with Gasteiger partial charge in [-0.2, -0.15) is 0 Å². The molecule has 1 aromatic rings. The Bertz CT molecular complexity index is 449. The van der Waals surface area contributed by atoms with Gasteiger partial charge in [-0.15, -0.1) is 0 Å². The fourth-order valence-corrected chi connectivity index (χ4v) is 2.94. The predicted molar refractivity (Wildman–Crippen MR) is 72.7 cm³/mol. The van der Waals surface area contributed by atoms with E-state index >= 15 is 0 Å². The lowest BCUT2D eigenvalue weighted by molar-refractivity contribution is -0.123. The number of rotatable bonds is 3. The SMILES string of the molecule is NC1CCCCC1C(=O)Cc1cc(F)ccc1Br. The zero-order valence-corrected chi connectivity index (χ0v) is 11.7. The molecule has 2 N–H and O–H groups in total. The second kappa shape index (κ2) is 5.93. The summed E-state index contributed by atoms with van der Waals surface area (Å²) >= 11 is 3.35. The number of hydrogen-bond acceptors (Lipinski definition) is 2. The van der Waals surface area contributed by atoms with Crippen molar-refractivity contribution in [3.63, 3.8) is 0 Å². The molecule has 0 saturated heterocycles. The van der Waals surface area contributed by atoms with Crippen molar-refractivity contribution in [2.24, 2.45) is 11.7 Å². The number of carbonyl (C=O) groups excluding carboxylic acids is 1. The maximum absolute atomic E-state index is 13.2. The van der Waals surface area contributed by atoms with Crippen molar-refractivity contribution >= 4 is 21.7 Å². The van der Waals surface area contributed by atoms with E-state index in [2.05, 4.69) is 15.9 Å². The molecule has 1 aliphatic rings. The van der Waals surface area contributed by atoms with Crippen molar-refractivity contribution in [3.05, 3.63) is 34.1 Å². The zero-order valence-electron chi connectivity index (χ0n) is 10.2. The van der Waals surface area contributed by atoms with E-state index in [0.29, 0.717) is 5.56 Å². The minimum absolute atomic E-state index is 0.0291. The first-order valence-corrected chi connectivity index (χ1v) is 7.09. The van der Waals surface area contributed by atoms with Crippen LogP contribution in [0.15, 0.2) is 22.7 Å². The molecule has 1 saturated carbocycles. The summed E-state index contributed by atoms with van der Waals surface area (Å²) in [4.78, 5) is 12.2. The largest absolute Gasteiger partial charge is 0.327 e. The normalized spacial score (nSPS) is 23.9. The smallest absolute Gasteiger partial charge is 0.141 e. The van der Waals surface area contributed by atoms with Crippen LogP contribution in [0.4, 0.5) is 4.39 Å². The maximum atomic E-state index is 13.2. The molecule has 0 aromatic heterocycles. The Morgan fingerprint density at radius 2 is 2.11 bits per heavy atom. The highest BCUT2D eigenvalue weighted by Gasteiger charge is 2.28. The lowest BCUT2D eigenvalue weighted by atomic mass is 9.81. The third kappa shape index (κ3) is 3.18. The monoisotopic (exact) mass is 313 g/mol. The van der Waals surface area contributed by atoms with E-state index in [4.69, 9.17) is 5.73 Å². The summed E-state index contributed by atoms with van der Waals surface area (Å²) < 4.78 is 13.9. The summed E-state index contributed by atoms with van der Waals surface area (Å²) in [7, 11) is 0. The molecule has 1 fully saturated rings. The number of Topliss-reactive ketones (excluding diaryl/α,β-unsaturated/α-hetero) is 1. The fraction of sp³-hybridized carbons (Fsp3) is 0.500. The van der Waals surface area contributed by atoms with Gasteiger partial charge in [-0.1, -0.05) is 28.8 Å². The van der Waals surface area contributed by atoms with Crippen molar-refractivity contribution in [2.75, 3.05) is 0 Å². The standard InChI is InChI=1S/C14H17BrFNO/c15-12-6-5-10(16)7-9(12)8-14(18)11-3-1-2-4-13(11)17/h5-7,11,13H,1-4,8,17H2. The van der Waals surface area contributed by atoms with Gasteiger partial charge in [0.25, 0.3) is 0 Å². The highest BCUT2D eigenvalue weighted by Crippen LogP contribution is 2.26. The number of benzene rings is 1. The topological polar surface area (TPSA) is 43.1 Å². The van der Waals surface area contributed by atoms with Crippen LogP contribution in [-0.2, 0) is 11.2 Å². The second-order valence-electron chi connectivity index (χ2n) is 4.93. The Balaban J connectivity index is 2.08. The van der Waals surface area contributed by atoms with Gasteiger partial charge >= 0.3 is 0 Å². The van der Waals surface area contributed by atoms with Gasteiger partial charge in [0.1, 0.15) is 11.6 Å². The first-order chi connectivity index (χ1) is 8.58. The summed E-state index contributed by atoms with van der Waals surface area (Å²) in [6.07, 6.45) is 4.22. The molecule has 0 heterocycles. The fourth-order valence-electron chi connectivity index (χ4n) is 2.56. The summed E-state index contributed by atoms with van der Waals surface area (Å²) in [5.74, 6) is -0.239. The molecule has 0 spiro atoms. The van der Waals surface area contributed by atoms with Crippen molar-refractivity contribution in [1.29, 1.82) is 0 Å².